The number of carbonyl (C=O) groups is 1. The summed E-state index contributed by atoms with van der Waals surface area (Å²) in [7, 11) is 0. The first-order valence-electron chi connectivity index (χ1n) is 3.81. The quantitative estimate of drug-likeness (QED) is 0.757. The van der Waals surface area contributed by atoms with E-state index >= 15 is 0 Å². The van der Waals surface area contributed by atoms with Gasteiger partial charge in [0.25, 0.3) is 0 Å². The smallest absolute Gasteiger partial charge is 0.328 e. The average Bonchev–Trinajstić information content (AvgIpc) is 2.01. The summed E-state index contributed by atoms with van der Waals surface area (Å²) in [5.74, 6) is -0.963. The van der Waals surface area contributed by atoms with Gasteiger partial charge in [-0.05, 0) is 19.9 Å². The van der Waals surface area contributed by atoms with E-state index in [0.29, 0.717) is 0 Å². The lowest BCUT2D eigenvalue weighted by Crippen LogP contribution is -2.23. The summed E-state index contributed by atoms with van der Waals surface area (Å²) in [5.41, 5.74) is 6.79. The second kappa shape index (κ2) is 4.88. The highest BCUT2D eigenvalue weighted by Gasteiger charge is 2.17. The van der Waals surface area contributed by atoms with E-state index in [9.17, 15) is 4.79 Å². The molecule has 0 saturated carbocycles. The van der Waals surface area contributed by atoms with Gasteiger partial charge in [-0.1, -0.05) is 0 Å². The Balaban J connectivity index is 0.00000169. The highest BCUT2D eigenvalue weighted by atomic mass is 35.5. The van der Waals surface area contributed by atoms with Crippen LogP contribution in [0.4, 0.5) is 0 Å². The van der Waals surface area contributed by atoms with Crippen molar-refractivity contribution in [3.05, 3.63) is 23.3 Å². The number of nitrogens with two attached hydrogens (primary N) is 1. The van der Waals surface area contributed by atoms with E-state index in [-0.39, 0.29) is 18.2 Å². The molecule has 1 unspecified atom stereocenters. The molecule has 0 aliphatic heterocycles. The number of aliphatic carboxylic acids is 1. The number of aromatic nitrogens is 2. The van der Waals surface area contributed by atoms with Crippen LogP contribution in [-0.2, 0) is 4.79 Å². The van der Waals surface area contributed by atoms with Gasteiger partial charge in [0.05, 0.1) is 0 Å². The molecule has 1 aromatic heterocycles. The first-order valence-corrected chi connectivity index (χ1v) is 3.81. The number of rotatable bonds is 2. The lowest BCUT2D eigenvalue weighted by atomic mass is 10.2. The van der Waals surface area contributed by atoms with E-state index in [1.54, 1.807) is 19.9 Å². The number of carboxylic acid groups (broad SMARTS) is 1. The predicted molar refractivity (Wildman–Crippen MR) is 53.3 cm³/mol. The van der Waals surface area contributed by atoms with Crippen LogP contribution in [0.1, 0.15) is 23.3 Å². The monoisotopic (exact) mass is 217 g/mol. The zero-order valence-electron chi connectivity index (χ0n) is 7.89. The Labute approximate surface area is 87.8 Å². The lowest BCUT2D eigenvalue weighted by molar-refractivity contribution is -0.138. The van der Waals surface area contributed by atoms with Crippen LogP contribution in [0.2, 0.25) is 0 Å². The molecule has 0 aliphatic carbocycles. The minimum Gasteiger partial charge on any atom is -0.480 e. The van der Waals surface area contributed by atoms with Crippen molar-refractivity contribution < 1.29 is 9.90 Å². The van der Waals surface area contributed by atoms with Gasteiger partial charge in [0.15, 0.2) is 11.9 Å². The SMILES string of the molecule is Cc1cc(C)nc(C(N)C(=O)O)n1.Cl. The maximum Gasteiger partial charge on any atom is 0.328 e. The van der Waals surface area contributed by atoms with Crippen LogP contribution < -0.4 is 5.73 Å². The van der Waals surface area contributed by atoms with E-state index in [0.717, 1.165) is 11.4 Å². The Morgan fingerprint density at radius 1 is 1.43 bits per heavy atom. The topological polar surface area (TPSA) is 89.1 Å². The number of hydrogen-bond donors (Lipinski definition) is 2. The molecule has 3 N–H and O–H groups in total. The minimum atomic E-state index is -1.14. The van der Waals surface area contributed by atoms with Crippen molar-refractivity contribution in [2.75, 3.05) is 0 Å². The summed E-state index contributed by atoms with van der Waals surface area (Å²) in [5, 5.41) is 8.61. The van der Waals surface area contributed by atoms with Crippen LogP contribution in [0.15, 0.2) is 6.07 Å². The molecule has 14 heavy (non-hydrogen) atoms. The molecule has 0 aliphatic rings. The van der Waals surface area contributed by atoms with Crippen molar-refractivity contribution >= 4 is 18.4 Å². The Morgan fingerprint density at radius 2 is 1.86 bits per heavy atom. The molecule has 1 heterocycles. The number of aryl methyl sites for hydroxylation is 2. The normalized spacial score (nSPS) is 11.6. The van der Waals surface area contributed by atoms with E-state index in [4.69, 9.17) is 10.8 Å². The highest BCUT2D eigenvalue weighted by molar-refractivity contribution is 5.85. The van der Waals surface area contributed by atoms with Crippen molar-refractivity contribution in [3.63, 3.8) is 0 Å². The molecule has 0 bridgehead atoms. The van der Waals surface area contributed by atoms with Gasteiger partial charge >= 0.3 is 5.97 Å². The second-order valence-corrected chi connectivity index (χ2v) is 2.82. The Kier molecular flexibility index (Phi) is 4.46. The molecule has 0 aromatic carbocycles. The molecule has 1 aromatic rings. The fraction of sp³-hybridized carbons (Fsp3) is 0.375. The van der Waals surface area contributed by atoms with E-state index in [1.165, 1.54) is 0 Å². The average molecular weight is 218 g/mol. The van der Waals surface area contributed by atoms with Crippen molar-refractivity contribution in [2.45, 2.75) is 19.9 Å². The zero-order valence-corrected chi connectivity index (χ0v) is 8.71. The maximum atomic E-state index is 10.5. The number of nitrogens with zero attached hydrogens (tertiary/aromatic N) is 2. The first-order chi connectivity index (χ1) is 6.00. The number of halogens is 1. The van der Waals surface area contributed by atoms with Crippen LogP contribution in [0.5, 0.6) is 0 Å². The van der Waals surface area contributed by atoms with E-state index in [1.807, 2.05) is 0 Å². The third kappa shape index (κ3) is 2.93. The first kappa shape index (κ1) is 12.8. The Morgan fingerprint density at radius 3 is 2.21 bits per heavy atom. The molecule has 0 radical (unpaired) electrons. The van der Waals surface area contributed by atoms with Gasteiger partial charge in [-0.25, -0.2) is 9.97 Å². The molecule has 1 rings (SSSR count). The standard InChI is InChI=1S/C8H11N3O2.ClH/c1-4-3-5(2)11-7(10-4)6(9)8(12)13;/h3,6H,9H2,1-2H3,(H,12,13);1H. The van der Waals surface area contributed by atoms with Gasteiger partial charge in [0, 0.05) is 11.4 Å². The molecule has 0 fully saturated rings. The van der Waals surface area contributed by atoms with Gasteiger partial charge in [-0.2, -0.15) is 0 Å². The van der Waals surface area contributed by atoms with Gasteiger partial charge in [-0.15, -0.1) is 12.4 Å². The van der Waals surface area contributed by atoms with Crippen LogP contribution >= 0.6 is 12.4 Å². The molecule has 5 nitrogen and oxygen atoms in total. The summed E-state index contributed by atoms with van der Waals surface area (Å²) in [6.45, 7) is 3.54. The minimum absolute atomic E-state index is 0. The summed E-state index contributed by atoms with van der Waals surface area (Å²) in [6.07, 6.45) is 0. The summed E-state index contributed by atoms with van der Waals surface area (Å²) in [6, 6.07) is 0.622. The lowest BCUT2D eigenvalue weighted by Gasteiger charge is -2.06. The second-order valence-electron chi connectivity index (χ2n) is 2.82. The van der Waals surface area contributed by atoms with Crippen LogP contribution in [0.25, 0.3) is 0 Å². The molecule has 6 heteroatoms. The number of hydrogen-bond acceptors (Lipinski definition) is 4. The van der Waals surface area contributed by atoms with Crippen molar-refractivity contribution in [3.8, 4) is 0 Å². The summed E-state index contributed by atoms with van der Waals surface area (Å²) >= 11 is 0. The Bertz CT molecular complexity index is 323. The predicted octanol–water partition coefficient (Wildman–Crippen LogP) is 0.600. The molecule has 0 saturated heterocycles. The fourth-order valence-electron chi connectivity index (χ4n) is 1.00. The number of carboxylic acids is 1. The Hall–Kier alpha value is -1.20. The van der Waals surface area contributed by atoms with Crippen molar-refractivity contribution in [2.24, 2.45) is 5.73 Å². The van der Waals surface area contributed by atoms with Gasteiger partial charge in [0.2, 0.25) is 0 Å². The van der Waals surface area contributed by atoms with E-state index < -0.39 is 12.0 Å². The molecular weight excluding hydrogens is 206 g/mol. The third-order valence-electron chi connectivity index (χ3n) is 1.54. The highest BCUT2D eigenvalue weighted by Crippen LogP contribution is 2.06. The molecule has 1 atom stereocenters. The fourth-order valence-corrected chi connectivity index (χ4v) is 1.00. The van der Waals surface area contributed by atoms with Gasteiger partial charge < -0.3 is 10.8 Å². The van der Waals surface area contributed by atoms with Gasteiger partial charge in [0.1, 0.15) is 0 Å². The molecule has 78 valence electrons. The van der Waals surface area contributed by atoms with Crippen LogP contribution in [0.3, 0.4) is 0 Å². The molecule has 0 spiro atoms. The van der Waals surface area contributed by atoms with Crippen molar-refractivity contribution in [1.29, 1.82) is 0 Å². The maximum absolute atomic E-state index is 10.5. The van der Waals surface area contributed by atoms with Crippen molar-refractivity contribution in [1.82, 2.24) is 9.97 Å². The molecule has 0 amide bonds. The summed E-state index contributed by atoms with van der Waals surface area (Å²) < 4.78 is 0. The van der Waals surface area contributed by atoms with Crippen LogP contribution in [-0.4, -0.2) is 21.0 Å². The summed E-state index contributed by atoms with van der Waals surface area (Å²) in [4.78, 5) is 18.4. The zero-order chi connectivity index (χ0) is 10.0. The van der Waals surface area contributed by atoms with Gasteiger partial charge in [-0.3, -0.25) is 4.79 Å². The third-order valence-corrected chi connectivity index (χ3v) is 1.54. The molecular formula is C8H12ClN3O2. The van der Waals surface area contributed by atoms with Crippen LogP contribution in [0, 0.1) is 13.8 Å². The largest absolute Gasteiger partial charge is 0.480 e. The van der Waals surface area contributed by atoms with E-state index in [2.05, 4.69) is 9.97 Å².